The lowest BCUT2D eigenvalue weighted by Gasteiger charge is -2.32. The second kappa shape index (κ2) is 21.6. The third-order valence-electron chi connectivity index (χ3n) is 10.6. The molecule has 13 nitrogen and oxygen atoms in total. The van der Waals surface area contributed by atoms with Gasteiger partial charge in [-0.2, -0.15) is 0 Å². The van der Waals surface area contributed by atoms with Crippen LogP contribution in [0.15, 0.2) is 84.9 Å². The number of amides is 2. The van der Waals surface area contributed by atoms with Gasteiger partial charge in [0.15, 0.2) is 11.6 Å². The molecule has 2 amide bonds. The van der Waals surface area contributed by atoms with E-state index >= 15 is 0 Å². The molecule has 8 N–H and O–H groups in total. The van der Waals surface area contributed by atoms with Crippen LogP contribution >= 0.6 is 11.6 Å². The third kappa shape index (κ3) is 11.4. The van der Waals surface area contributed by atoms with Gasteiger partial charge in [-0.3, -0.25) is 19.2 Å². The molecule has 0 unspecified atom stereocenters. The lowest BCUT2D eigenvalue weighted by atomic mass is 9.88. The Hall–Kier alpha value is -5.60. The van der Waals surface area contributed by atoms with Gasteiger partial charge >= 0.3 is 5.97 Å². The molecule has 0 fully saturated rings. The number of Topliss-reactive ketones (excluding diaryl/α,β-unsaturated/α-hetero) is 2. The number of carboxylic acid groups (broad SMARTS) is 1. The summed E-state index contributed by atoms with van der Waals surface area (Å²) in [6, 6.07) is 22.2. The van der Waals surface area contributed by atoms with Gasteiger partial charge in [-0.05, 0) is 66.4 Å². The Kier molecular flexibility index (Phi) is 16.4. The van der Waals surface area contributed by atoms with Crippen LogP contribution in [0.4, 0.5) is 0 Å². The molecule has 0 saturated carbocycles. The van der Waals surface area contributed by atoms with Crippen molar-refractivity contribution >= 4 is 41.0 Å². The Labute approximate surface area is 355 Å². The normalized spacial score (nSPS) is 17.2. The molecule has 0 spiro atoms. The summed E-state index contributed by atoms with van der Waals surface area (Å²) in [5, 5.41) is 13.3. The molecule has 4 bridgehead atoms. The molecule has 0 radical (unpaired) electrons. The summed E-state index contributed by atoms with van der Waals surface area (Å²) in [4.78, 5) is 70.5. The van der Waals surface area contributed by atoms with Crippen LogP contribution in [0.25, 0.3) is 22.3 Å². The highest BCUT2D eigenvalue weighted by atomic mass is 35.5. The van der Waals surface area contributed by atoms with Gasteiger partial charge in [0.05, 0.1) is 0 Å². The second-order valence-corrected chi connectivity index (χ2v) is 15.5. The first-order valence-corrected chi connectivity index (χ1v) is 20.6. The number of nitrogens with two attached hydrogens (primary N) is 3. The van der Waals surface area contributed by atoms with Crippen molar-refractivity contribution in [3.05, 3.63) is 107 Å². The van der Waals surface area contributed by atoms with Gasteiger partial charge in [0.2, 0.25) is 11.8 Å². The Bertz CT molecular complexity index is 2160. The van der Waals surface area contributed by atoms with Crippen LogP contribution in [0, 0.1) is 11.8 Å². The van der Waals surface area contributed by atoms with Crippen LogP contribution in [0.2, 0.25) is 5.02 Å². The summed E-state index contributed by atoms with van der Waals surface area (Å²) in [5.74, 6) is -3.94. The van der Waals surface area contributed by atoms with Gasteiger partial charge in [-0.15, -0.1) is 0 Å². The Morgan fingerprint density at radius 2 is 1.48 bits per heavy atom. The molecule has 14 heteroatoms. The summed E-state index contributed by atoms with van der Waals surface area (Å²) in [7, 11) is 1.52. The summed E-state index contributed by atoms with van der Waals surface area (Å²) >= 11 is 6.41. The minimum Gasteiger partial charge on any atom is -0.492 e. The molecule has 60 heavy (non-hydrogen) atoms. The summed E-state index contributed by atoms with van der Waals surface area (Å²) in [5.41, 5.74) is 21.6. The van der Waals surface area contributed by atoms with Gasteiger partial charge in [-0.1, -0.05) is 79.5 Å². The van der Waals surface area contributed by atoms with Gasteiger partial charge in [-0.25, -0.2) is 4.79 Å². The average Bonchev–Trinajstić information content (AvgIpc) is 3.24. The SMILES string of the molecule is C[C@@H]1CC(=O)[C@@H](N(C)C(=O)[C@H](CCCCN)CC(=O)c2ccc(-c3ccccc3Cl)cc2)c2ccc(OCCN)c(c2)-c2cc(ccc2OCCN)C[C@@H](C(=O)O)NC1=O. The van der Waals surface area contributed by atoms with Crippen LogP contribution in [-0.4, -0.2) is 85.3 Å². The highest BCUT2D eigenvalue weighted by Crippen LogP contribution is 2.41. The zero-order valence-corrected chi connectivity index (χ0v) is 34.8. The lowest BCUT2D eigenvalue weighted by Crippen LogP contribution is -2.45. The van der Waals surface area contributed by atoms with Crippen molar-refractivity contribution in [2.24, 2.45) is 29.0 Å². The van der Waals surface area contributed by atoms with Crippen molar-refractivity contribution in [2.75, 3.05) is 39.9 Å². The van der Waals surface area contributed by atoms with Crippen molar-refractivity contribution in [2.45, 2.75) is 57.5 Å². The molecule has 1 heterocycles. The number of ketones is 2. The van der Waals surface area contributed by atoms with Crippen molar-refractivity contribution in [1.29, 1.82) is 0 Å². The molecular weight excluding hydrogens is 786 g/mol. The zero-order valence-electron chi connectivity index (χ0n) is 34.0. The van der Waals surface area contributed by atoms with Gasteiger partial charge in [0.25, 0.3) is 0 Å². The molecule has 5 rings (SSSR count). The van der Waals surface area contributed by atoms with E-state index < -0.39 is 47.5 Å². The Balaban J connectivity index is 1.58. The number of ether oxygens (including phenoxy) is 2. The van der Waals surface area contributed by atoms with E-state index in [1.54, 1.807) is 61.5 Å². The van der Waals surface area contributed by atoms with Crippen molar-refractivity contribution in [3.8, 4) is 33.8 Å². The smallest absolute Gasteiger partial charge is 0.326 e. The van der Waals surface area contributed by atoms with Gasteiger partial charge < -0.3 is 42.0 Å². The minimum absolute atomic E-state index is 0.0553. The molecule has 4 aromatic rings. The first-order valence-electron chi connectivity index (χ1n) is 20.2. The number of halogens is 1. The fourth-order valence-corrected chi connectivity index (χ4v) is 7.69. The maximum atomic E-state index is 14.7. The van der Waals surface area contributed by atoms with E-state index in [-0.39, 0.29) is 51.3 Å². The summed E-state index contributed by atoms with van der Waals surface area (Å²) in [6.45, 7) is 2.71. The molecule has 4 aromatic carbocycles. The molecule has 0 aromatic heterocycles. The maximum absolute atomic E-state index is 14.7. The highest BCUT2D eigenvalue weighted by molar-refractivity contribution is 6.33. The number of rotatable bonds is 17. The topological polar surface area (TPSA) is 217 Å². The van der Waals surface area contributed by atoms with Crippen LogP contribution in [0.1, 0.15) is 66.6 Å². The van der Waals surface area contributed by atoms with Crippen molar-refractivity contribution in [3.63, 3.8) is 0 Å². The number of aliphatic carboxylic acids is 1. The van der Waals surface area contributed by atoms with Crippen molar-refractivity contribution in [1.82, 2.24) is 10.2 Å². The van der Waals surface area contributed by atoms with E-state index in [1.807, 2.05) is 30.3 Å². The molecule has 4 atom stereocenters. The number of hydrogen-bond acceptors (Lipinski definition) is 10. The number of hydrogen-bond donors (Lipinski definition) is 5. The number of carbonyl (C=O) groups is 5. The average molecular weight is 840 g/mol. The molecule has 1 aliphatic heterocycles. The molecule has 0 aliphatic carbocycles. The number of unbranched alkanes of at least 4 members (excludes halogenated alkanes) is 1. The lowest BCUT2D eigenvalue weighted by molar-refractivity contribution is -0.144. The van der Waals surface area contributed by atoms with Crippen LogP contribution in [0.5, 0.6) is 11.5 Å². The molecular formula is C46H54ClN5O8. The Morgan fingerprint density at radius 1 is 0.833 bits per heavy atom. The van der Waals surface area contributed by atoms with Gasteiger partial charge in [0, 0.05) is 78.5 Å². The van der Waals surface area contributed by atoms with Crippen LogP contribution in [-0.2, 0) is 25.6 Å². The quantitative estimate of drug-likeness (QED) is 0.0653. The van der Waals surface area contributed by atoms with E-state index in [2.05, 4.69) is 5.32 Å². The minimum atomic E-state index is -1.31. The molecule has 1 aliphatic rings. The van der Waals surface area contributed by atoms with E-state index in [0.29, 0.717) is 70.1 Å². The number of carboxylic acids is 1. The zero-order chi connectivity index (χ0) is 43.3. The van der Waals surface area contributed by atoms with E-state index in [1.165, 1.54) is 11.9 Å². The Morgan fingerprint density at radius 3 is 2.12 bits per heavy atom. The van der Waals surface area contributed by atoms with E-state index in [9.17, 15) is 29.1 Å². The predicted octanol–water partition coefficient (Wildman–Crippen LogP) is 5.59. The summed E-state index contributed by atoms with van der Waals surface area (Å²) < 4.78 is 12.1. The van der Waals surface area contributed by atoms with E-state index in [0.717, 1.165) is 11.1 Å². The number of fused-ring (bicyclic) bond motifs is 5. The number of benzene rings is 4. The fraction of sp³-hybridized carbons (Fsp3) is 0.370. The van der Waals surface area contributed by atoms with E-state index in [4.69, 9.17) is 38.3 Å². The third-order valence-corrected chi connectivity index (χ3v) is 11.0. The predicted molar refractivity (Wildman–Crippen MR) is 231 cm³/mol. The first-order chi connectivity index (χ1) is 28.9. The number of likely N-dealkylation sites (N-methyl/N-ethyl adjacent to an activating group) is 1. The largest absolute Gasteiger partial charge is 0.492 e. The fourth-order valence-electron chi connectivity index (χ4n) is 7.45. The number of carbonyl (C=O) groups excluding carboxylic acids is 4. The number of nitrogens with one attached hydrogen (secondary N) is 1. The standard InChI is InChI=1S/C46H54ClN5O8/c1-28-23-40(54)43(52(2)45(56)33(7-5-6-18-48)27-39(53)31-13-11-30(12-14-31)34-8-3-4-9-37(34)47)32-15-17-42(60-22-20-50)36(26-32)35-24-29(10-16-41(35)59-21-19-49)25-38(46(57)58)51-44(28)55/h3-4,8-17,24,26,28,33,38,43H,5-7,18-23,25,27,48-50H2,1-2H3,(H,51,55)(H,57,58)/t28-,33-,38+,43+/m1/s1. The van der Waals surface area contributed by atoms with Crippen molar-refractivity contribution < 1.29 is 38.6 Å². The maximum Gasteiger partial charge on any atom is 0.326 e. The van der Waals surface area contributed by atoms with Gasteiger partial charge in [0.1, 0.15) is 36.8 Å². The molecule has 318 valence electrons. The van der Waals surface area contributed by atoms with Crippen LogP contribution in [0.3, 0.4) is 0 Å². The second-order valence-electron chi connectivity index (χ2n) is 15.1. The summed E-state index contributed by atoms with van der Waals surface area (Å²) in [6.07, 6.45) is 1.04. The molecule has 0 saturated heterocycles. The highest BCUT2D eigenvalue weighted by Gasteiger charge is 2.36. The number of nitrogens with zero attached hydrogens (tertiary/aromatic N) is 1. The monoisotopic (exact) mass is 839 g/mol. The first kappa shape index (κ1) is 45.5. The van der Waals surface area contributed by atoms with Crippen LogP contribution < -0.4 is 32.0 Å².